The highest BCUT2D eigenvalue weighted by atomic mass is 16.1. The molecule has 5 rings (SSSR count). The Morgan fingerprint density at radius 1 is 0.966 bits per heavy atom. The van der Waals surface area contributed by atoms with Crippen molar-refractivity contribution in [3.63, 3.8) is 0 Å². The predicted octanol–water partition coefficient (Wildman–Crippen LogP) is 2.93. The average Bonchev–Trinajstić information content (AvgIpc) is 3.37. The van der Waals surface area contributed by atoms with Gasteiger partial charge in [-0.15, -0.1) is 0 Å². The summed E-state index contributed by atoms with van der Waals surface area (Å²) in [4.78, 5) is 25.8. The van der Waals surface area contributed by atoms with Gasteiger partial charge in [0.2, 0.25) is 5.91 Å². The molecule has 0 spiro atoms. The van der Waals surface area contributed by atoms with Crippen LogP contribution in [-0.4, -0.2) is 29.8 Å². The molecule has 0 unspecified atom stereocenters. The fourth-order valence-corrected chi connectivity index (χ4v) is 3.45. The third-order valence-electron chi connectivity index (χ3n) is 4.86. The third-order valence-corrected chi connectivity index (χ3v) is 4.86. The average molecular weight is 382 g/mol. The number of carbonyl (C=O) groups is 1. The Balaban J connectivity index is 1.36. The molecule has 0 saturated carbocycles. The molecule has 0 radical (unpaired) electrons. The molecule has 7 nitrogen and oxygen atoms in total. The van der Waals surface area contributed by atoms with Gasteiger partial charge in [0.05, 0.1) is 23.1 Å². The van der Waals surface area contributed by atoms with Gasteiger partial charge in [0.15, 0.2) is 0 Å². The normalized spacial score (nSPS) is 11.2. The number of hydrogen-bond donors (Lipinski definition) is 1. The maximum atomic E-state index is 12.5. The SMILES string of the molecule is O=C(Cc1cnc2ccccn12)NCc1cccnc1-n1cnc2ccccc21. The van der Waals surface area contributed by atoms with E-state index in [4.69, 9.17) is 0 Å². The molecule has 7 heteroatoms. The molecule has 0 bridgehead atoms. The highest BCUT2D eigenvalue weighted by Crippen LogP contribution is 2.19. The van der Waals surface area contributed by atoms with E-state index in [1.807, 2.05) is 69.8 Å². The lowest BCUT2D eigenvalue weighted by Crippen LogP contribution is -2.25. The molecule has 1 amide bonds. The number of para-hydroxylation sites is 2. The van der Waals surface area contributed by atoms with Crippen molar-refractivity contribution in [1.29, 1.82) is 0 Å². The standard InChI is InChI=1S/C22H18N6O/c29-21(12-17-14-24-20-9-3-4-11-27(17)20)25-13-16-6-5-10-23-22(16)28-15-26-18-7-1-2-8-19(18)28/h1-11,14-15H,12-13H2,(H,25,29). The molecule has 29 heavy (non-hydrogen) atoms. The predicted molar refractivity (Wildman–Crippen MR) is 110 cm³/mol. The zero-order chi connectivity index (χ0) is 19.6. The van der Waals surface area contributed by atoms with Gasteiger partial charge in [0.25, 0.3) is 0 Å². The molecule has 0 atom stereocenters. The van der Waals surface area contributed by atoms with Crippen LogP contribution in [0.1, 0.15) is 11.3 Å². The molecule has 5 aromatic rings. The minimum atomic E-state index is -0.0686. The number of rotatable bonds is 5. The van der Waals surface area contributed by atoms with E-state index in [1.54, 1.807) is 18.7 Å². The molecule has 0 aliphatic carbocycles. The maximum absolute atomic E-state index is 12.5. The van der Waals surface area contributed by atoms with Gasteiger partial charge in [0, 0.05) is 30.7 Å². The Labute approximate surface area is 166 Å². The van der Waals surface area contributed by atoms with E-state index in [0.29, 0.717) is 6.54 Å². The number of carbonyl (C=O) groups excluding carboxylic acids is 1. The second kappa shape index (κ2) is 7.20. The first-order chi connectivity index (χ1) is 14.3. The summed E-state index contributed by atoms with van der Waals surface area (Å²) in [5, 5.41) is 3.00. The van der Waals surface area contributed by atoms with Gasteiger partial charge in [-0.25, -0.2) is 15.0 Å². The number of imidazole rings is 2. The summed E-state index contributed by atoms with van der Waals surface area (Å²) in [6.07, 6.45) is 7.41. The lowest BCUT2D eigenvalue weighted by molar-refractivity contribution is -0.120. The number of benzene rings is 1. The number of pyridine rings is 2. The van der Waals surface area contributed by atoms with Gasteiger partial charge in [-0.2, -0.15) is 0 Å². The molecule has 0 fully saturated rings. The second-order valence-electron chi connectivity index (χ2n) is 6.72. The van der Waals surface area contributed by atoms with Crippen LogP contribution < -0.4 is 5.32 Å². The fraction of sp³-hybridized carbons (Fsp3) is 0.0909. The van der Waals surface area contributed by atoms with Crippen molar-refractivity contribution in [3.8, 4) is 5.82 Å². The van der Waals surface area contributed by atoms with Crippen molar-refractivity contribution >= 4 is 22.6 Å². The van der Waals surface area contributed by atoms with E-state index < -0.39 is 0 Å². The monoisotopic (exact) mass is 382 g/mol. The Bertz CT molecular complexity index is 1320. The van der Waals surface area contributed by atoms with Crippen molar-refractivity contribution in [2.24, 2.45) is 0 Å². The Kier molecular flexibility index (Phi) is 4.25. The molecule has 0 saturated heterocycles. The van der Waals surface area contributed by atoms with E-state index >= 15 is 0 Å². The molecule has 0 aliphatic heterocycles. The summed E-state index contributed by atoms with van der Waals surface area (Å²) in [6.45, 7) is 0.380. The molecule has 4 heterocycles. The summed E-state index contributed by atoms with van der Waals surface area (Å²) >= 11 is 0. The van der Waals surface area contributed by atoms with Crippen LogP contribution in [0.15, 0.2) is 79.5 Å². The van der Waals surface area contributed by atoms with Gasteiger partial charge in [0.1, 0.15) is 17.8 Å². The quantitative estimate of drug-likeness (QED) is 0.507. The van der Waals surface area contributed by atoms with Crippen molar-refractivity contribution in [3.05, 3.63) is 90.8 Å². The topological polar surface area (TPSA) is 77.1 Å². The van der Waals surface area contributed by atoms with Crippen LogP contribution >= 0.6 is 0 Å². The highest BCUT2D eigenvalue weighted by molar-refractivity contribution is 5.79. The van der Waals surface area contributed by atoms with Crippen molar-refractivity contribution < 1.29 is 4.79 Å². The fourth-order valence-electron chi connectivity index (χ4n) is 3.45. The molecular formula is C22H18N6O. The first-order valence-corrected chi connectivity index (χ1v) is 9.33. The van der Waals surface area contributed by atoms with Gasteiger partial charge < -0.3 is 9.72 Å². The van der Waals surface area contributed by atoms with E-state index in [0.717, 1.165) is 33.8 Å². The zero-order valence-electron chi connectivity index (χ0n) is 15.6. The first-order valence-electron chi connectivity index (χ1n) is 9.33. The molecule has 1 aromatic carbocycles. The van der Waals surface area contributed by atoms with Crippen LogP contribution in [0, 0.1) is 0 Å². The molecule has 142 valence electrons. The summed E-state index contributed by atoms with van der Waals surface area (Å²) in [5.41, 5.74) is 4.48. The number of hydrogen-bond acceptors (Lipinski definition) is 4. The number of amides is 1. The lowest BCUT2D eigenvalue weighted by Gasteiger charge is -2.11. The smallest absolute Gasteiger partial charge is 0.226 e. The number of nitrogens with zero attached hydrogens (tertiary/aromatic N) is 5. The van der Waals surface area contributed by atoms with Crippen LogP contribution in [0.5, 0.6) is 0 Å². The molecule has 1 N–H and O–H groups in total. The van der Waals surface area contributed by atoms with E-state index in [9.17, 15) is 4.79 Å². The Morgan fingerprint density at radius 3 is 2.83 bits per heavy atom. The van der Waals surface area contributed by atoms with Crippen LogP contribution in [0.3, 0.4) is 0 Å². The largest absolute Gasteiger partial charge is 0.352 e. The van der Waals surface area contributed by atoms with Gasteiger partial charge in [-0.05, 0) is 30.3 Å². The lowest BCUT2D eigenvalue weighted by atomic mass is 10.2. The molecule has 4 aromatic heterocycles. The molecular weight excluding hydrogens is 364 g/mol. The zero-order valence-corrected chi connectivity index (χ0v) is 15.6. The third kappa shape index (κ3) is 3.23. The maximum Gasteiger partial charge on any atom is 0.226 e. The second-order valence-corrected chi connectivity index (χ2v) is 6.72. The summed E-state index contributed by atoms with van der Waals surface area (Å²) in [6, 6.07) is 17.5. The van der Waals surface area contributed by atoms with Crippen LogP contribution in [-0.2, 0) is 17.8 Å². The minimum Gasteiger partial charge on any atom is -0.352 e. The first kappa shape index (κ1) is 17.1. The number of aromatic nitrogens is 5. The van der Waals surface area contributed by atoms with E-state index in [2.05, 4.69) is 20.3 Å². The van der Waals surface area contributed by atoms with Crippen molar-refractivity contribution in [1.82, 2.24) is 29.2 Å². The van der Waals surface area contributed by atoms with E-state index in [1.165, 1.54) is 0 Å². The number of fused-ring (bicyclic) bond motifs is 2. The molecule has 0 aliphatic rings. The van der Waals surface area contributed by atoms with Gasteiger partial charge >= 0.3 is 0 Å². The minimum absolute atomic E-state index is 0.0686. The summed E-state index contributed by atoms with van der Waals surface area (Å²) in [7, 11) is 0. The Hall–Kier alpha value is -4.00. The number of nitrogens with one attached hydrogen (secondary N) is 1. The summed E-state index contributed by atoms with van der Waals surface area (Å²) < 4.78 is 3.87. The highest BCUT2D eigenvalue weighted by Gasteiger charge is 2.12. The van der Waals surface area contributed by atoms with Gasteiger partial charge in [-0.3, -0.25) is 9.36 Å². The van der Waals surface area contributed by atoms with Gasteiger partial charge in [-0.1, -0.05) is 24.3 Å². The van der Waals surface area contributed by atoms with E-state index in [-0.39, 0.29) is 12.3 Å². The van der Waals surface area contributed by atoms with Crippen molar-refractivity contribution in [2.75, 3.05) is 0 Å². The van der Waals surface area contributed by atoms with Crippen LogP contribution in [0.4, 0.5) is 0 Å². The summed E-state index contributed by atoms with van der Waals surface area (Å²) in [5.74, 6) is 0.692. The van der Waals surface area contributed by atoms with Crippen LogP contribution in [0.25, 0.3) is 22.5 Å². The Morgan fingerprint density at radius 2 is 1.86 bits per heavy atom. The van der Waals surface area contributed by atoms with Crippen molar-refractivity contribution in [2.45, 2.75) is 13.0 Å². The van der Waals surface area contributed by atoms with Crippen LogP contribution in [0.2, 0.25) is 0 Å².